The van der Waals surface area contributed by atoms with E-state index in [9.17, 15) is 9.59 Å². The Morgan fingerprint density at radius 1 is 1.19 bits per heavy atom. The predicted molar refractivity (Wildman–Crippen MR) is 80.8 cm³/mol. The molecule has 0 spiro atoms. The van der Waals surface area contributed by atoms with Gasteiger partial charge in [-0.2, -0.15) is 0 Å². The SMILES string of the molecule is CC[C@@H](NC(=O)c1cc(OC)c(OC)cc1Br)C(=O)OC. The minimum absolute atomic E-state index is 0.343. The second-order valence-electron chi connectivity index (χ2n) is 4.14. The molecule has 7 heteroatoms. The van der Waals surface area contributed by atoms with E-state index < -0.39 is 17.9 Å². The molecule has 0 aliphatic carbocycles. The van der Waals surface area contributed by atoms with Crippen molar-refractivity contribution in [3.8, 4) is 11.5 Å². The molecule has 1 amide bonds. The molecule has 0 heterocycles. The summed E-state index contributed by atoms with van der Waals surface area (Å²) in [4.78, 5) is 23.8. The Morgan fingerprint density at radius 2 is 1.76 bits per heavy atom. The molecule has 116 valence electrons. The van der Waals surface area contributed by atoms with E-state index >= 15 is 0 Å². The van der Waals surface area contributed by atoms with Crippen LogP contribution in [0.2, 0.25) is 0 Å². The Bertz CT molecular complexity index is 532. The first-order chi connectivity index (χ1) is 9.98. The van der Waals surface area contributed by atoms with Crippen LogP contribution in [0.5, 0.6) is 11.5 Å². The van der Waals surface area contributed by atoms with E-state index in [4.69, 9.17) is 9.47 Å². The van der Waals surface area contributed by atoms with Crippen LogP contribution < -0.4 is 14.8 Å². The Balaban J connectivity index is 3.04. The fourth-order valence-corrected chi connectivity index (χ4v) is 2.24. The van der Waals surface area contributed by atoms with Crippen molar-refractivity contribution in [2.24, 2.45) is 0 Å². The highest BCUT2D eigenvalue weighted by Crippen LogP contribution is 2.33. The summed E-state index contributed by atoms with van der Waals surface area (Å²) >= 11 is 3.31. The zero-order chi connectivity index (χ0) is 16.0. The van der Waals surface area contributed by atoms with Crippen molar-refractivity contribution in [2.45, 2.75) is 19.4 Å². The van der Waals surface area contributed by atoms with Crippen LogP contribution in [0.1, 0.15) is 23.7 Å². The molecular weight excluding hydrogens is 342 g/mol. The molecule has 0 radical (unpaired) electrons. The number of halogens is 1. The number of ether oxygens (including phenoxy) is 3. The smallest absolute Gasteiger partial charge is 0.328 e. The molecule has 1 rings (SSSR count). The molecule has 6 nitrogen and oxygen atoms in total. The van der Waals surface area contributed by atoms with Crippen molar-refractivity contribution in [3.63, 3.8) is 0 Å². The molecule has 1 aromatic rings. The number of hydrogen-bond acceptors (Lipinski definition) is 5. The third-order valence-corrected chi connectivity index (χ3v) is 3.57. The van der Waals surface area contributed by atoms with Gasteiger partial charge in [-0.05, 0) is 34.5 Å². The van der Waals surface area contributed by atoms with Gasteiger partial charge < -0.3 is 19.5 Å². The zero-order valence-corrected chi connectivity index (χ0v) is 13.9. The van der Waals surface area contributed by atoms with Crippen LogP contribution in [0.25, 0.3) is 0 Å². The number of benzene rings is 1. The molecule has 1 aromatic carbocycles. The maximum atomic E-state index is 12.3. The van der Waals surface area contributed by atoms with Gasteiger partial charge in [0.2, 0.25) is 0 Å². The lowest BCUT2D eigenvalue weighted by Gasteiger charge is -2.16. The van der Waals surface area contributed by atoms with Crippen LogP contribution in [-0.2, 0) is 9.53 Å². The lowest BCUT2D eigenvalue weighted by molar-refractivity contribution is -0.142. The fraction of sp³-hybridized carbons (Fsp3) is 0.429. The van der Waals surface area contributed by atoms with Crippen molar-refractivity contribution in [1.29, 1.82) is 0 Å². The van der Waals surface area contributed by atoms with E-state index in [1.165, 1.54) is 21.3 Å². The van der Waals surface area contributed by atoms with Crippen LogP contribution in [0, 0.1) is 0 Å². The third-order valence-electron chi connectivity index (χ3n) is 2.92. The standard InChI is InChI=1S/C14H18BrNO5/c1-5-10(14(18)21-4)16-13(17)8-6-11(19-2)12(20-3)7-9(8)15/h6-7,10H,5H2,1-4H3,(H,16,17)/t10-/m1/s1. The van der Waals surface area contributed by atoms with Gasteiger partial charge in [-0.3, -0.25) is 4.79 Å². The largest absolute Gasteiger partial charge is 0.493 e. The van der Waals surface area contributed by atoms with Gasteiger partial charge in [0.25, 0.3) is 5.91 Å². The Hall–Kier alpha value is -1.76. The van der Waals surface area contributed by atoms with E-state index in [2.05, 4.69) is 26.0 Å². The van der Waals surface area contributed by atoms with E-state index in [-0.39, 0.29) is 0 Å². The topological polar surface area (TPSA) is 73.9 Å². The van der Waals surface area contributed by atoms with E-state index in [1.807, 2.05) is 0 Å². The number of carbonyl (C=O) groups excluding carboxylic acids is 2. The van der Waals surface area contributed by atoms with Crippen molar-refractivity contribution >= 4 is 27.8 Å². The van der Waals surface area contributed by atoms with Crippen molar-refractivity contribution in [3.05, 3.63) is 22.2 Å². The molecule has 21 heavy (non-hydrogen) atoms. The average molecular weight is 360 g/mol. The number of carbonyl (C=O) groups is 2. The van der Waals surface area contributed by atoms with Gasteiger partial charge in [0.1, 0.15) is 6.04 Å². The van der Waals surface area contributed by atoms with E-state index in [0.717, 1.165) is 0 Å². The Kier molecular flexibility index (Phi) is 6.48. The Labute approximate surface area is 131 Å². The van der Waals surface area contributed by atoms with Crippen LogP contribution in [-0.4, -0.2) is 39.2 Å². The number of amides is 1. The molecule has 0 aliphatic rings. The quantitative estimate of drug-likeness (QED) is 0.787. The van der Waals surface area contributed by atoms with Crippen LogP contribution in [0.15, 0.2) is 16.6 Å². The second kappa shape index (κ2) is 7.87. The van der Waals surface area contributed by atoms with Gasteiger partial charge in [0, 0.05) is 4.47 Å². The van der Waals surface area contributed by atoms with E-state index in [0.29, 0.717) is 28.0 Å². The monoisotopic (exact) mass is 359 g/mol. The first-order valence-electron chi connectivity index (χ1n) is 6.28. The Morgan fingerprint density at radius 3 is 2.24 bits per heavy atom. The van der Waals surface area contributed by atoms with Gasteiger partial charge in [-0.1, -0.05) is 6.92 Å². The summed E-state index contributed by atoms with van der Waals surface area (Å²) in [5, 5.41) is 2.62. The predicted octanol–water partition coefficient (Wildman–Crippen LogP) is 2.15. The van der Waals surface area contributed by atoms with Crippen LogP contribution >= 0.6 is 15.9 Å². The molecule has 0 fully saturated rings. The number of methoxy groups -OCH3 is 3. The second-order valence-corrected chi connectivity index (χ2v) is 5.00. The summed E-state index contributed by atoms with van der Waals surface area (Å²) in [6.45, 7) is 1.78. The molecular formula is C14H18BrNO5. The summed E-state index contributed by atoms with van der Waals surface area (Å²) in [6.07, 6.45) is 0.434. The summed E-state index contributed by atoms with van der Waals surface area (Å²) in [5.74, 6) is 0.0421. The van der Waals surface area contributed by atoms with E-state index in [1.54, 1.807) is 19.1 Å². The first-order valence-corrected chi connectivity index (χ1v) is 7.07. The molecule has 0 unspecified atom stereocenters. The summed E-state index contributed by atoms with van der Waals surface area (Å²) < 4.78 is 15.5. The van der Waals surface area contributed by atoms with Gasteiger partial charge in [-0.15, -0.1) is 0 Å². The van der Waals surface area contributed by atoms with Gasteiger partial charge in [-0.25, -0.2) is 4.79 Å². The highest BCUT2D eigenvalue weighted by atomic mass is 79.9. The molecule has 0 aromatic heterocycles. The van der Waals surface area contributed by atoms with Crippen LogP contribution in [0.4, 0.5) is 0 Å². The highest BCUT2D eigenvalue weighted by molar-refractivity contribution is 9.10. The third kappa shape index (κ3) is 4.10. The number of esters is 1. The molecule has 1 N–H and O–H groups in total. The minimum atomic E-state index is -0.692. The fourth-order valence-electron chi connectivity index (χ4n) is 1.73. The van der Waals surface area contributed by atoms with Gasteiger partial charge in [0.15, 0.2) is 11.5 Å². The first kappa shape index (κ1) is 17.3. The summed E-state index contributed by atoms with van der Waals surface area (Å²) in [6, 6.07) is 2.48. The maximum absolute atomic E-state index is 12.3. The van der Waals surface area contributed by atoms with Crippen molar-refractivity contribution < 1.29 is 23.8 Å². The molecule has 0 bridgehead atoms. The lowest BCUT2D eigenvalue weighted by atomic mass is 10.1. The van der Waals surface area contributed by atoms with Crippen LogP contribution in [0.3, 0.4) is 0 Å². The zero-order valence-electron chi connectivity index (χ0n) is 12.4. The number of hydrogen-bond donors (Lipinski definition) is 1. The average Bonchev–Trinajstić information content (AvgIpc) is 2.50. The maximum Gasteiger partial charge on any atom is 0.328 e. The van der Waals surface area contributed by atoms with Crippen molar-refractivity contribution in [1.82, 2.24) is 5.32 Å². The highest BCUT2D eigenvalue weighted by Gasteiger charge is 2.22. The molecule has 0 saturated heterocycles. The van der Waals surface area contributed by atoms with Gasteiger partial charge in [0.05, 0.1) is 26.9 Å². The molecule has 0 aliphatic heterocycles. The van der Waals surface area contributed by atoms with Gasteiger partial charge >= 0.3 is 5.97 Å². The summed E-state index contributed by atoms with van der Waals surface area (Å²) in [7, 11) is 4.27. The molecule has 0 saturated carbocycles. The normalized spacial score (nSPS) is 11.5. The number of rotatable bonds is 6. The minimum Gasteiger partial charge on any atom is -0.493 e. The number of nitrogens with one attached hydrogen (secondary N) is 1. The lowest BCUT2D eigenvalue weighted by Crippen LogP contribution is -2.41. The molecule has 1 atom stereocenters. The summed E-state index contributed by atoms with van der Waals surface area (Å²) in [5.41, 5.74) is 0.343. The van der Waals surface area contributed by atoms with Crippen molar-refractivity contribution in [2.75, 3.05) is 21.3 Å².